The molecule has 2 aromatic rings. The van der Waals surface area contributed by atoms with Crippen LogP contribution >= 0.6 is 27.7 Å². The van der Waals surface area contributed by atoms with Gasteiger partial charge in [-0.3, -0.25) is 14.5 Å². The van der Waals surface area contributed by atoms with Crippen molar-refractivity contribution in [2.24, 2.45) is 0 Å². The van der Waals surface area contributed by atoms with Gasteiger partial charge in [0.2, 0.25) is 0 Å². The fourth-order valence-electron chi connectivity index (χ4n) is 2.52. The van der Waals surface area contributed by atoms with Crippen molar-refractivity contribution in [2.45, 2.75) is 0 Å². The maximum atomic E-state index is 12.9. The van der Waals surface area contributed by atoms with Crippen molar-refractivity contribution in [1.82, 2.24) is 4.90 Å². The van der Waals surface area contributed by atoms with Gasteiger partial charge in [-0.05, 0) is 60.3 Å². The van der Waals surface area contributed by atoms with Crippen LogP contribution < -0.4 is 9.47 Å². The molecule has 0 bridgehead atoms. The number of rotatable bonds is 8. The van der Waals surface area contributed by atoms with Crippen molar-refractivity contribution >= 4 is 50.9 Å². The Morgan fingerprint density at radius 2 is 1.90 bits per heavy atom. The van der Waals surface area contributed by atoms with E-state index in [9.17, 15) is 18.8 Å². The minimum Gasteiger partial charge on any atom is -0.492 e. The van der Waals surface area contributed by atoms with E-state index in [0.717, 1.165) is 16.7 Å². The first-order valence-corrected chi connectivity index (χ1v) is 10.2. The van der Waals surface area contributed by atoms with Crippen LogP contribution in [0, 0.1) is 5.82 Å². The van der Waals surface area contributed by atoms with E-state index in [4.69, 9.17) is 14.6 Å². The fraction of sp³-hybridized carbons (Fsp3) is 0.150. The monoisotopic (exact) mass is 495 g/mol. The van der Waals surface area contributed by atoms with Crippen molar-refractivity contribution in [2.75, 3.05) is 19.8 Å². The number of carboxylic acids is 1. The van der Waals surface area contributed by atoms with E-state index in [1.807, 2.05) is 0 Å². The maximum absolute atomic E-state index is 12.9. The Hall–Kier alpha value is -2.85. The van der Waals surface area contributed by atoms with Crippen LogP contribution in [0.5, 0.6) is 11.5 Å². The summed E-state index contributed by atoms with van der Waals surface area (Å²) in [7, 11) is 0. The smallest absolute Gasteiger partial charge is 0.341 e. The molecular weight excluding hydrogens is 481 g/mol. The van der Waals surface area contributed by atoms with Crippen molar-refractivity contribution < 1.29 is 33.4 Å². The van der Waals surface area contributed by atoms with Gasteiger partial charge in [-0.25, -0.2) is 9.18 Å². The number of carbonyl (C=O) groups excluding carboxylic acids is 2. The van der Waals surface area contributed by atoms with Crippen LogP contribution in [-0.4, -0.2) is 46.9 Å². The number of hydrogen-bond donors (Lipinski definition) is 1. The molecule has 1 aliphatic rings. The number of halogens is 2. The number of imide groups is 1. The Morgan fingerprint density at radius 3 is 2.60 bits per heavy atom. The van der Waals surface area contributed by atoms with Crippen LogP contribution in [0.25, 0.3) is 6.08 Å². The highest BCUT2D eigenvalue weighted by Crippen LogP contribution is 2.34. The van der Waals surface area contributed by atoms with Gasteiger partial charge in [0.1, 0.15) is 23.9 Å². The van der Waals surface area contributed by atoms with Crippen LogP contribution in [0.3, 0.4) is 0 Å². The summed E-state index contributed by atoms with van der Waals surface area (Å²) in [6, 6.07) is 10.3. The molecule has 1 fully saturated rings. The standard InChI is InChI=1S/C20H15BrFNO6S/c21-13-1-6-16(29-11-18(24)25)12(9-13)10-17-19(26)23(20(27)30-17)7-8-28-15-4-2-14(22)3-5-15/h1-6,9-10H,7-8,11H2,(H,24,25)/b17-10-. The molecule has 10 heteroatoms. The highest BCUT2D eigenvalue weighted by Gasteiger charge is 2.35. The third-order valence-electron chi connectivity index (χ3n) is 3.88. The third kappa shape index (κ3) is 5.61. The molecule has 0 radical (unpaired) electrons. The van der Waals surface area contributed by atoms with Crippen molar-refractivity contribution in [3.63, 3.8) is 0 Å². The van der Waals surface area contributed by atoms with Gasteiger partial charge >= 0.3 is 5.97 Å². The van der Waals surface area contributed by atoms with E-state index in [-0.39, 0.29) is 23.8 Å². The molecule has 0 aliphatic carbocycles. The van der Waals surface area contributed by atoms with Gasteiger partial charge < -0.3 is 14.6 Å². The normalized spacial score (nSPS) is 15.0. The molecule has 0 atom stereocenters. The largest absolute Gasteiger partial charge is 0.492 e. The predicted octanol–water partition coefficient (Wildman–Crippen LogP) is 4.17. The Bertz CT molecular complexity index is 1010. The van der Waals surface area contributed by atoms with Gasteiger partial charge in [-0.2, -0.15) is 0 Å². The summed E-state index contributed by atoms with van der Waals surface area (Å²) < 4.78 is 24.3. The second-order valence-electron chi connectivity index (χ2n) is 6.00. The van der Waals surface area contributed by atoms with E-state index in [1.54, 1.807) is 18.2 Å². The molecule has 0 aromatic heterocycles. The van der Waals surface area contributed by atoms with Crippen LogP contribution in [0.4, 0.5) is 9.18 Å². The lowest BCUT2D eigenvalue weighted by Crippen LogP contribution is -2.32. The fourth-order valence-corrected chi connectivity index (χ4v) is 3.76. The zero-order chi connectivity index (χ0) is 21.7. The second kappa shape index (κ2) is 9.77. The second-order valence-corrected chi connectivity index (χ2v) is 7.91. The lowest BCUT2D eigenvalue weighted by Gasteiger charge is -2.13. The lowest BCUT2D eigenvalue weighted by molar-refractivity contribution is -0.139. The molecule has 7 nitrogen and oxygen atoms in total. The van der Waals surface area contributed by atoms with Gasteiger partial charge in [0, 0.05) is 10.0 Å². The number of hydrogen-bond acceptors (Lipinski definition) is 6. The Labute approximate surface area is 183 Å². The zero-order valence-electron chi connectivity index (χ0n) is 15.3. The van der Waals surface area contributed by atoms with Crippen LogP contribution in [0.15, 0.2) is 51.8 Å². The molecule has 30 heavy (non-hydrogen) atoms. The minimum absolute atomic E-state index is 0.0280. The molecule has 3 rings (SSSR count). The highest BCUT2D eigenvalue weighted by atomic mass is 79.9. The average molecular weight is 496 g/mol. The maximum Gasteiger partial charge on any atom is 0.341 e. The molecule has 0 spiro atoms. The number of thioether (sulfide) groups is 1. The van der Waals surface area contributed by atoms with Crippen molar-refractivity contribution in [3.05, 3.63) is 63.2 Å². The van der Waals surface area contributed by atoms with E-state index in [2.05, 4.69) is 15.9 Å². The number of aliphatic carboxylic acids is 1. The number of nitrogens with zero attached hydrogens (tertiary/aromatic N) is 1. The number of carbonyl (C=O) groups is 3. The molecule has 2 aromatic carbocycles. The summed E-state index contributed by atoms with van der Waals surface area (Å²) in [5.41, 5.74) is 0.457. The van der Waals surface area contributed by atoms with Crippen molar-refractivity contribution in [3.8, 4) is 11.5 Å². The first kappa shape index (κ1) is 21.8. The van der Waals surface area contributed by atoms with E-state index >= 15 is 0 Å². The molecule has 1 N–H and O–H groups in total. The molecule has 2 amide bonds. The Morgan fingerprint density at radius 1 is 1.17 bits per heavy atom. The SMILES string of the molecule is O=C(O)COc1ccc(Br)cc1/C=C1\SC(=O)N(CCOc2ccc(F)cc2)C1=O. The summed E-state index contributed by atoms with van der Waals surface area (Å²) in [5.74, 6) is -1.32. The minimum atomic E-state index is -1.13. The Balaban J connectivity index is 1.69. The molecule has 1 heterocycles. The zero-order valence-corrected chi connectivity index (χ0v) is 17.7. The van der Waals surface area contributed by atoms with Gasteiger partial charge in [0.05, 0.1) is 11.4 Å². The summed E-state index contributed by atoms with van der Waals surface area (Å²) in [6.45, 7) is -0.453. The summed E-state index contributed by atoms with van der Waals surface area (Å²) in [6.07, 6.45) is 1.48. The first-order valence-electron chi connectivity index (χ1n) is 8.61. The number of carboxylic acid groups (broad SMARTS) is 1. The highest BCUT2D eigenvalue weighted by molar-refractivity contribution is 9.10. The predicted molar refractivity (Wildman–Crippen MR) is 112 cm³/mol. The number of amides is 2. The van der Waals surface area contributed by atoms with Gasteiger partial charge in [-0.15, -0.1) is 0 Å². The third-order valence-corrected chi connectivity index (χ3v) is 5.28. The van der Waals surface area contributed by atoms with E-state index < -0.39 is 29.5 Å². The van der Waals surface area contributed by atoms with Crippen LogP contribution in [0.1, 0.15) is 5.56 Å². The van der Waals surface area contributed by atoms with Crippen LogP contribution in [0.2, 0.25) is 0 Å². The van der Waals surface area contributed by atoms with Gasteiger partial charge in [0.25, 0.3) is 11.1 Å². The molecular formula is C20H15BrFNO6S. The van der Waals surface area contributed by atoms with E-state index in [1.165, 1.54) is 30.3 Å². The lowest BCUT2D eigenvalue weighted by atomic mass is 10.2. The average Bonchev–Trinajstić information content (AvgIpc) is 2.96. The summed E-state index contributed by atoms with van der Waals surface area (Å²) in [5, 5.41) is 8.36. The first-order chi connectivity index (χ1) is 14.3. The van der Waals surface area contributed by atoms with Gasteiger partial charge in [-0.1, -0.05) is 15.9 Å². The molecule has 0 unspecified atom stereocenters. The molecule has 1 aliphatic heterocycles. The molecule has 156 valence electrons. The topological polar surface area (TPSA) is 93.1 Å². The number of ether oxygens (including phenoxy) is 2. The van der Waals surface area contributed by atoms with Crippen LogP contribution in [-0.2, 0) is 9.59 Å². The summed E-state index contributed by atoms with van der Waals surface area (Å²) >= 11 is 4.09. The number of benzene rings is 2. The Kier molecular flexibility index (Phi) is 7.11. The van der Waals surface area contributed by atoms with Gasteiger partial charge in [0.15, 0.2) is 6.61 Å². The summed E-state index contributed by atoms with van der Waals surface area (Å²) in [4.78, 5) is 36.9. The van der Waals surface area contributed by atoms with E-state index in [0.29, 0.717) is 15.8 Å². The van der Waals surface area contributed by atoms with Crippen molar-refractivity contribution in [1.29, 1.82) is 0 Å². The molecule has 0 saturated carbocycles. The molecule has 1 saturated heterocycles. The quantitative estimate of drug-likeness (QED) is 0.549.